The molecule has 1 saturated heterocycles. The summed E-state index contributed by atoms with van der Waals surface area (Å²) < 4.78 is 47.9. The van der Waals surface area contributed by atoms with Crippen LogP contribution in [-0.2, 0) is 19.1 Å². The van der Waals surface area contributed by atoms with Crippen LogP contribution in [0.15, 0.2) is 64.4 Å². The Morgan fingerprint density at radius 3 is 1.48 bits per heavy atom. The number of halogens is 4. The highest BCUT2D eigenvalue weighted by Gasteiger charge is 2.29. The quantitative estimate of drug-likeness (QED) is 0.133. The van der Waals surface area contributed by atoms with E-state index in [0.717, 1.165) is 24.3 Å². The Labute approximate surface area is 273 Å². The second-order valence-corrected chi connectivity index (χ2v) is 15.0. The molecule has 0 saturated carbocycles. The Morgan fingerprint density at radius 1 is 0.682 bits per heavy atom. The number of rotatable bonds is 6. The van der Waals surface area contributed by atoms with Crippen molar-refractivity contribution in [3.63, 3.8) is 0 Å². The van der Waals surface area contributed by atoms with E-state index in [1.165, 1.54) is 34.6 Å². The number of thioether (sulfide) groups is 1. The number of anilines is 1. The number of non-ortho nitro benzene ring substituents is 3. The van der Waals surface area contributed by atoms with Gasteiger partial charge in [-0.2, -0.15) is 16.1 Å². The van der Waals surface area contributed by atoms with Crippen LogP contribution < -0.4 is 5.73 Å². The molecule has 1 aliphatic heterocycles. The smallest absolute Gasteiger partial charge is 0.271 e. The average Bonchev–Trinajstić information content (AvgIpc) is 2.95. The minimum Gasteiger partial charge on any atom is -0.397 e. The SMILES string of the molecule is Nc1cc([N+](=O)[O-])ccc1Cl.O=[N+]([O-])c1ccc(Cl)c(S(=O)(=O)Cl)c1.O=[N+]([O-])c1ccc(Cl)c(S(=O)(=O)N2CCSCC2)c1. The molecule has 0 amide bonds. The predicted molar refractivity (Wildman–Crippen MR) is 168 cm³/mol. The first kappa shape index (κ1) is 37.2. The Hall–Kier alpha value is -2.97. The molecule has 1 aliphatic rings. The highest BCUT2D eigenvalue weighted by molar-refractivity contribution is 8.13. The third-order valence-electron chi connectivity index (χ3n) is 5.29. The molecule has 0 unspecified atom stereocenters. The van der Waals surface area contributed by atoms with Crippen LogP contribution in [0, 0.1) is 30.3 Å². The maximum atomic E-state index is 12.4. The summed E-state index contributed by atoms with van der Waals surface area (Å²) in [7, 11) is -2.81. The van der Waals surface area contributed by atoms with Crippen LogP contribution in [0.2, 0.25) is 15.1 Å². The third-order valence-corrected chi connectivity index (χ3v) is 10.8. The fourth-order valence-corrected chi connectivity index (χ4v) is 7.84. The zero-order chi connectivity index (χ0) is 33.4. The molecular weight excluding hydrogens is 732 g/mol. The monoisotopic (exact) mass is 749 g/mol. The summed E-state index contributed by atoms with van der Waals surface area (Å²) >= 11 is 18.6. The lowest BCUT2D eigenvalue weighted by molar-refractivity contribution is -0.385. The van der Waals surface area contributed by atoms with Gasteiger partial charge in [0.25, 0.3) is 26.1 Å². The summed E-state index contributed by atoms with van der Waals surface area (Å²) in [6.45, 7) is 0.790. The van der Waals surface area contributed by atoms with E-state index in [-0.39, 0.29) is 37.7 Å². The summed E-state index contributed by atoms with van der Waals surface area (Å²) in [6, 6.07) is 10.4. The van der Waals surface area contributed by atoms with E-state index in [1.807, 2.05) is 0 Å². The summed E-state index contributed by atoms with van der Waals surface area (Å²) in [5.41, 5.74) is 4.83. The van der Waals surface area contributed by atoms with Crippen molar-refractivity contribution in [3.8, 4) is 0 Å². The standard InChI is InChI=1S/C10H11ClN2O4S2.C6H3Cl2NO4S.C6H5ClN2O2/c11-9-2-1-8(13(14)15)7-10(9)19(16,17)12-3-5-18-6-4-12;7-5-2-1-4(9(10)11)3-6(5)14(8,12)13;7-5-2-1-4(9(10)11)3-6(5)8/h1-2,7H,3-6H2;1-3H;1-3H,8H2. The molecule has 1 fully saturated rings. The van der Waals surface area contributed by atoms with Gasteiger partial charge in [0.2, 0.25) is 10.0 Å². The van der Waals surface area contributed by atoms with Gasteiger partial charge in [0.15, 0.2) is 0 Å². The predicted octanol–water partition coefficient (Wildman–Crippen LogP) is 5.99. The highest BCUT2D eigenvalue weighted by Crippen LogP contribution is 2.30. The van der Waals surface area contributed by atoms with Crippen LogP contribution in [0.25, 0.3) is 0 Å². The van der Waals surface area contributed by atoms with Crippen molar-refractivity contribution in [2.24, 2.45) is 0 Å². The molecule has 15 nitrogen and oxygen atoms in total. The van der Waals surface area contributed by atoms with Gasteiger partial charge >= 0.3 is 0 Å². The zero-order valence-corrected chi connectivity index (χ0v) is 27.2. The second kappa shape index (κ2) is 15.8. The second-order valence-electron chi connectivity index (χ2n) is 8.16. The van der Waals surface area contributed by atoms with E-state index in [4.69, 9.17) is 51.2 Å². The molecule has 238 valence electrons. The van der Waals surface area contributed by atoms with Crippen molar-refractivity contribution in [2.75, 3.05) is 30.3 Å². The minimum absolute atomic E-state index is 0.00354. The number of nitrogens with two attached hydrogens (primary N) is 1. The molecule has 3 aromatic rings. The molecular formula is C22H19Cl4N5O10S3. The topological polar surface area (TPSA) is 227 Å². The summed E-state index contributed by atoms with van der Waals surface area (Å²) in [4.78, 5) is 28.7. The van der Waals surface area contributed by atoms with Crippen molar-refractivity contribution >= 4 is 99.1 Å². The van der Waals surface area contributed by atoms with Gasteiger partial charge in [-0.05, 0) is 18.2 Å². The Bertz CT molecular complexity index is 1790. The number of hydrogen-bond donors (Lipinski definition) is 1. The first-order valence-corrected chi connectivity index (χ1v) is 17.5. The van der Waals surface area contributed by atoms with Crippen LogP contribution >= 0.6 is 57.2 Å². The van der Waals surface area contributed by atoms with Crippen molar-refractivity contribution < 1.29 is 31.6 Å². The summed E-state index contributed by atoms with van der Waals surface area (Å²) in [5, 5.41) is 31.4. The van der Waals surface area contributed by atoms with Gasteiger partial charge in [-0.1, -0.05) is 34.8 Å². The molecule has 3 aromatic carbocycles. The largest absolute Gasteiger partial charge is 0.397 e. The Morgan fingerprint density at radius 2 is 1.07 bits per heavy atom. The van der Waals surface area contributed by atoms with Crippen molar-refractivity contribution in [2.45, 2.75) is 9.79 Å². The molecule has 0 bridgehead atoms. The molecule has 0 radical (unpaired) electrons. The molecule has 1 heterocycles. The maximum Gasteiger partial charge on any atom is 0.271 e. The fraction of sp³-hybridized carbons (Fsp3) is 0.182. The number of benzene rings is 3. The summed E-state index contributed by atoms with van der Waals surface area (Å²) in [5.74, 6) is 1.43. The third kappa shape index (κ3) is 10.3. The lowest BCUT2D eigenvalue weighted by Crippen LogP contribution is -2.38. The lowest BCUT2D eigenvalue weighted by atomic mass is 10.3. The Kier molecular flexibility index (Phi) is 13.4. The molecule has 44 heavy (non-hydrogen) atoms. The van der Waals surface area contributed by atoms with Gasteiger partial charge < -0.3 is 5.73 Å². The molecule has 0 aromatic heterocycles. The van der Waals surface area contributed by atoms with Gasteiger partial charge in [0.1, 0.15) is 9.79 Å². The highest BCUT2D eigenvalue weighted by atomic mass is 35.7. The molecule has 0 aliphatic carbocycles. The van der Waals surface area contributed by atoms with E-state index >= 15 is 0 Å². The average molecular weight is 751 g/mol. The number of sulfonamides is 1. The normalized spacial score (nSPS) is 13.5. The minimum atomic E-state index is -4.05. The van der Waals surface area contributed by atoms with Gasteiger partial charge in [-0.3, -0.25) is 30.3 Å². The van der Waals surface area contributed by atoms with Crippen molar-refractivity contribution in [3.05, 3.63) is 100 Å². The van der Waals surface area contributed by atoms with Gasteiger partial charge in [0, 0.05) is 71.7 Å². The van der Waals surface area contributed by atoms with E-state index in [1.54, 1.807) is 11.8 Å². The molecule has 22 heteroatoms. The number of hydrogen-bond acceptors (Lipinski definition) is 12. The maximum absolute atomic E-state index is 12.4. The van der Waals surface area contributed by atoms with E-state index in [2.05, 4.69) is 0 Å². The van der Waals surface area contributed by atoms with Crippen molar-refractivity contribution in [1.82, 2.24) is 4.31 Å². The van der Waals surface area contributed by atoms with Gasteiger partial charge in [-0.15, -0.1) is 0 Å². The van der Waals surface area contributed by atoms with Crippen LogP contribution in [0.3, 0.4) is 0 Å². The number of nitrogens with zero attached hydrogens (tertiary/aromatic N) is 4. The lowest BCUT2D eigenvalue weighted by Gasteiger charge is -2.25. The van der Waals surface area contributed by atoms with E-state index in [9.17, 15) is 47.2 Å². The van der Waals surface area contributed by atoms with Crippen LogP contribution in [0.1, 0.15) is 0 Å². The van der Waals surface area contributed by atoms with Crippen LogP contribution in [-0.4, -0.2) is 60.5 Å². The number of nitrogen functional groups attached to an aromatic ring is 1. The number of nitro groups is 3. The van der Waals surface area contributed by atoms with Crippen molar-refractivity contribution in [1.29, 1.82) is 0 Å². The fourth-order valence-electron chi connectivity index (χ4n) is 3.17. The molecule has 2 N–H and O–H groups in total. The molecule has 0 spiro atoms. The molecule has 4 rings (SSSR count). The molecule has 0 atom stereocenters. The van der Waals surface area contributed by atoms with Crippen LogP contribution in [0.4, 0.5) is 22.7 Å². The zero-order valence-electron chi connectivity index (χ0n) is 21.7. The van der Waals surface area contributed by atoms with E-state index in [0.29, 0.717) is 29.6 Å². The van der Waals surface area contributed by atoms with Crippen LogP contribution in [0.5, 0.6) is 0 Å². The Balaban J connectivity index is 0.000000240. The van der Waals surface area contributed by atoms with Gasteiger partial charge in [0.05, 0.1) is 35.5 Å². The van der Waals surface area contributed by atoms with Gasteiger partial charge in [-0.25, -0.2) is 16.8 Å². The number of nitro benzene ring substituents is 3. The first-order valence-electron chi connectivity index (χ1n) is 11.5. The van der Waals surface area contributed by atoms with E-state index < -0.39 is 38.7 Å². The summed E-state index contributed by atoms with van der Waals surface area (Å²) in [6.07, 6.45) is 0. The first-order chi connectivity index (χ1) is 20.4.